The Labute approximate surface area is 193 Å². The molecule has 1 saturated heterocycles. The Morgan fingerprint density at radius 2 is 2.09 bits per heavy atom. The van der Waals surface area contributed by atoms with Crippen LogP contribution in [0.1, 0.15) is 53.3 Å². The van der Waals surface area contributed by atoms with Gasteiger partial charge in [0, 0.05) is 17.0 Å². The van der Waals surface area contributed by atoms with Crippen LogP contribution in [0.5, 0.6) is 5.88 Å². The van der Waals surface area contributed by atoms with Crippen LogP contribution in [0.3, 0.4) is 0 Å². The largest absolute Gasteiger partial charge is 0.415 e. The summed E-state index contributed by atoms with van der Waals surface area (Å²) >= 11 is 0. The van der Waals surface area contributed by atoms with Gasteiger partial charge in [-0.2, -0.15) is 8.78 Å². The molecule has 1 fully saturated rings. The number of carbonyl (C=O) groups is 1. The van der Waals surface area contributed by atoms with Crippen LogP contribution in [0, 0.1) is 0 Å². The van der Waals surface area contributed by atoms with E-state index in [1.807, 2.05) is 13.8 Å². The SMILES string of the molecule is C[C@H]1OCc2c1c(N)nc1cnc(C(=O)N3[C@@H](C)COC[C@H]3c3ccc(OC(F)F)nn3)cc21. The zero-order valence-electron chi connectivity index (χ0n) is 18.4. The summed E-state index contributed by atoms with van der Waals surface area (Å²) in [6.07, 6.45) is 1.34. The normalized spacial score (nSPS) is 22.3. The monoisotopic (exact) mass is 472 g/mol. The number of nitrogen functional groups attached to an aromatic ring is 1. The number of anilines is 1. The summed E-state index contributed by atoms with van der Waals surface area (Å²) < 4.78 is 40.5. The van der Waals surface area contributed by atoms with Gasteiger partial charge in [0.15, 0.2) is 0 Å². The Balaban J connectivity index is 1.50. The van der Waals surface area contributed by atoms with Gasteiger partial charge in [-0.3, -0.25) is 4.79 Å². The second-order valence-electron chi connectivity index (χ2n) is 8.22. The number of halogens is 2. The smallest absolute Gasteiger partial charge is 0.388 e. The van der Waals surface area contributed by atoms with Gasteiger partial charge < -0.3 is 24.8 Å². The number of aromatic nitrogens is 4. The second kappa shape index (κ2) is 8.69. The lowest BCUT2D eigenvalue weighted by atomic mass is 10.0. The number of ether oxygens (including phenoxy) is 3. The summed E-state index contributed by atoms with van der Waals surface area (Å²) in [4.78, 5) is 24.0. The molecule has 1 amide bonds. The summed E-state index contributed by atoms with van der Waals surface area (Å²) in [7, 11) is 0. The summed E-state index contributed by atoms with van der Waals surface area (Å²) in [5, 5.41) is 8.44. The summed E-state index contributed by atoms with van der Waals surface area (Å²) in [6, 6.07) is 3.60. The number of fused-ring (bicyclic) bond motifs is 3. The molecule has 5 heterocycles. The van der Waals surface area contributed by atoms with Crippen molar-refractivity contribution in [2.24, 2.45) is 0 Å². The first-order chi connectivity index (χ1) is 16.3. The maximum atomic E-state index is 13.6. The van der Waals surface area contributed by atoms with Crippen LogP contribution in [0.4, 0.5) is 14.6 Å². The van der Waals surface area contributed by atoms with Gasteiger partial charge in [-0.1, -0.05) is 0 Å². The van der Waals surface area contributed by atoms with E-state index in [4.69, 9.17) is 15.2 Å². The van der Waals surface area contributed by atoms with Gasteiger partial charge in [-0.05, 0) is 31.5 Å². The number of morpholine rings is 1. The first-order valence-electron chi connectivity index (χ1n) is 10.7. The molecule has 0 spiro atoms. The highest BCUT2D eigenvalue weighted by Gasteiger charge is 2.36. The van der Waals surface area contributed by atoms with Crippen molar-refractivity contribution >= 4 is 22.6 Å². The fourth-order valence-electron chi connectivity index (χ4n) is 4.47. The van der Waals surface area contributed by atoms with Crippen molar-refractivity contribution in [3.63, 3.8) is 0 Å². The lowest BCUT2D eigenvalue weighted by molar-refractivity contribution is -0.0538. The summed E-state index contributed by atoms with van der Waals surface area (Å²) in [6.45, 7) is 1.62. The Hall–Kier alpha value is -3.51. The first-order valence-corrected chi connectivity index (χ1v) is 10.7. The van der Waals surface area contributed by atoms with Crippen LogP contribution in [-0.2, 0) is 16.1 Å². The number of alkyl halides is 2. The highest BCUT2D eigenvalue weighted by atomic mass is 19.3. The van der Waals surface area contributed by atoms with Crippen molar-refractivity contribution in [3.05, 3.63) is 46.9 Å². The zero-order valence-corrected chi connectivity index (χ0v) is 18.4. The van der Waals surface area contributed by atoms with E-state index in [0.717, 1.165) is 16.5 Å². The second-order valence-corrected chi connectivity index (χ2v) is 8.22. The molecule has 2 aliphatic rings. The summed E-state index contributed by atoms with van der Waals surface area (Å²) in [5.74, 6) is -0.238. The molecule has 0 aromatic carbocycles. The van der Waals surface area contributed by atoms with Crippen molar-refractivity contribution in [3.8, 4) is 5.88 Å². The Morgan fingerprint density at radius 3 is 2.82 bits per heavy atom. The third-order valence-electron chi connectivity index (χ3n) is 6.05. The molecule has 3 atom stereocenters. The van der Waals surface area contributed by atoms with Crippen LogP contribution >= 0.6 is 0 Å². The molecule has 2 N–H and O–H groups in total. The fraction of sp³-hybridized carbons (Fsp3) is 0.409. The van der Waals surface area contributed by atoms with Crippen molar-refractivity contribution < 1.29 is 27.8 Å². The Morgan fingerprint density at radius 1 is 1.26 bits per heavy atom. The Bertz CT molecular complexity index is 1240. The molecule has 12 heteroatoms. The first kappa shape index (κ1) is 22.3. The van der Waals surface area contributed by atoms with E-state index >= 15 is 0 Å². The topological polar surface area (TPSA) is 126 Å². The van der Waals surface area contributed by atoms with Gasteiger partial charge in [-0.15, -0.1) is 10.2 Å². The molecular formula is C22H22F2N6O4. The van der Waals surface area contributed by atoms with Crippen LogP contribution < -0.4 is 10.5 Å². The minimum Gasteiger partial charge on any atom is -0.415 e. The minimum atomic E-state index is -3.00. The molecule has 178 valence electrons. The van der Waals surface area contributed by atoms with E-state index < -0.39 is 12.7 Å². The molecule has 5 rings (SSSR count). The van der Waals surface area contributed by atoms with Gasteiger partial charge >= 0.3 is 6.61 Å². The van der Waals surface area contributed by atoms with E-state index in [9.17, 15) is 13.6 Å². The Kier molecular flexibility index (Phi) is 5.70. The predicted molar refractivity (Wildman–Crippen MR) is 115 cm³/mol. The number of nitrogens with two attached hydrogens (primary N) is 1. The van der Waals surface area contributed by atoms with E-state index in [1.54, 1.807) is 11.0 Å². The maximum absolute atomic E-state index is 13.6. The lowest BCUT2D eigenvalue weighted by Gasteiger charge is -2.39. The number of hydrogen-bond donors (Lipinski definition) is 1. The maximum Gasteiger partial charge on any atom is 0.388 e. The van der Waals surface area contributed by atoms with Gasteiger partial charge in [0.25, 0.3) is 5.91 Å². The van der Waals surface area contributed by atoms with Crippen molar-refractivity contribution in [1.29, 1.82) is 0 Å². The highest BCUT2D eigenvalue weighted by molar-refractivity contribution is 5.97. The minimum absolute atomic E-state index is 0.173. The predicted octanol–water partition coefficient (Wildman–Crippen LogP) is 2.80. The van der Waals surface area contributed by atoms with Crippen molar-refractivity contribution in [2.75, 3.05) is 18.9 Å². The molecular weight excluding hydrogens is 450 g/mol. The lowest BCUT2D eigenvalue weighted by Crippen LogP contribution is -2.49. The molecule has 34 heavy (non-hydrogen) atoms. The molecule has 0 radical (unpaired) electrons. The molecule has 3 aromatic rings. The average Bonchev–Trinajstić information content (AvgIpc) is 3.21. The number of hydrogen-bond acceptors (Lipinski definition) is 9. The van der Waals surface area contributed by atoms with Crippen LogP contribution in [0.25, 0.3) is 10.9 Å². The molecule has 0 unspecified atom stereocenters. The zero-order chi connectivity index (χ0) is 24.0. The molecule has 10 nitrogen and oxygen atoms in total. The third kappa shape index (κ3) is 3.88. The average molecular weight is 472 g/mol. The van der Waals surface area contributed by atoms with Crippen molar-refractivity contribution in [1.82, 2.24) is 25.1 Å². The third-order valence-corrected chi connectivity index (χ3v) is 6.05. The highest BCUT2D eigenvalue weighted by Crippen LogP contribution is 2.38. The molecule has 3 aromatic heterocycles. The number of amides is 1. The molecule has 0 saturated carbocycles. The van der Waals surface area contributed by atoms with Gasteiger partial charge in [0.05, 0.1) is 55.4 Å². The standard InChI is InChI=1S/C22H22F2N6O4/c1-10-7-32-9-17(14-3-4-18(29-28-14)34-22(23)24)30(10)21(31)15-5-12-13-8-33-11(2)19(13)20(25)27-16(12)6-26-15/h3-6,10-11,17,22H,7-9H2,1-2H3,(H2,25,27)/t10-,11+,17-/m0/s1. The summed E-state index contributed by atoms with van der Waals surface area (Å²) in [5.41, 5.74) is 9.04. The molecule has 0 aliphatic carbocycles. The van der Waals surface area contributed by atoms with E-state index in [2.05, 4.69) is 24.9 Å². The van der Waals surface area contributed by atoms with E-state index in [-0.39, 0.29) is 36.2 Å². The number of rotatable bonds is 4. The van der Waals surface area contributed by atoms with Gasteiger partial charge in [0.1, 0.15) is 11.5 Å². The van der Waals surface area contributed by atoms with E-state index in [0.29, 0.717) is 30.2 Å². The quantitative estimate of drug-likeness (QED) is 0.610. The fourth-order valence-corrected chi connectivity index (χ4v) is 4.47. The van der Waals surface area contributed by atoms with Crippen LogP contribution in [0.15, 0.2) is 24.4 Å². The number of pyridine rings is 2. The van der Waals surface area contributed by atoms with Crippen LogP contribution in [-0.4, -0.2) is 56.8 Å². The molecule has 0 bridgehead atoms. The van der Waals surface area contributed by atoms with Crippen molar-refractivity contribution in [2.45, 2.75) is 45.3 Å². The number of carbonyl (C=O) groups excluding carboxylic acids is 1. The number of nitrogens with zero attached hydrogens (tertiary/aromatic N) is 5. The molecule has 2 aliphatic heterocycles. The van der Waals surface area contributed by atoms with Gasteiger partial charge in [0.2, 0.25) is 5.88 Å². The van der Waals surface area contributed by atoms with E-state index in [1.165, 1.54) is 18.3 Å². The van der Waals surface area contributed by atoms with Gasteiger partial charge in [-0.25, -0.2) is 9.97 Å². The van der Waals surface area contributed by atoms with Crippen LogP contribution in [0.2, 0.25) is 0 Å².